The van der Waals surface area contributed by atoms with Crippen molar-refractivity contribution >= 4 is 58.4 Å². The molecule has 0 saturated heterocycles. The topological polar surface area (TPSA) is 6.48 Å². The molecular formula is C56H48N2. The lowest BCUT2D eigenvalue weighted by Crippen LogP contribution is -2.09. The van der Waals surface area contributed by atoms with Gasteiger partial charge >= 0.3 is 0 Å². The van der Waals surface area contributed by atoms with Gasteiger partial charge in [0.2, 0.25) is 0 Å². The van der Waals surface area contributed by atoms with Crippen molar-refractivity contribution < 1.29 is 0 Å². The van der Waals surface area contributed by atoms with Gasteiger partial charge < -0.3 is 9.80 Å². The van der Waals surface area contributed by atoms with E-state index in [0.717, 1.165) is 45.3 Å². The maximum Gasteiger partial charge on any atom is 0.0462 e. The Morgan fingerprint density at radius 3 is 0.603 bits per heavy atom. The molecule has 0 amide bonds. The average Bonchev–Trinajstić information content (AvgIpc) is 3.26. The Morgan fingerprint density at radius 2 is 0.397 bits per heavy atom. The van der Waals surface area contributed by atoms with Gasteiger partial charge in [-0.05, 0) is 134 Å². The fourth-order valence-electron chi connectivity index (χ4n) is 7.10. The molecule has 58 heavy (non-hydrogen) atoms. The van der Waals surface area contributed by atoms with Gasteiger partial charge in [0.15, 0.2) is 0 Å². The van der Waals surface area contributed by atoms with Gasteiger partial charge in [0, 0.05) is 34.1 Å². The summed E-state index contributed by atoms with van der Waals surface area (Å²) in [6.07, 6.45) is 8.72. The van der Waals surface area contributed by atoms with Crippen LogP contribution in [0.1, 0.15) is 44.5 Å². The van der Waals surface area contributed by atoms with E-state index in [0.29, 0.717) is 0 Å². The van der Waals surface area contributed by atoms with Crippen LogP contribution in [0.25, 0.3) is 35.4 Å². The van der Waals surface area contributed by atoms with E-state index >= 15 is 0 Å². The third-order valence-corrected chi connectivity index (χ3v) is 10.6. The lowest BCUT2D eigenvalue weighted by atomic mass is 10.0. The summed E-state index contributed by atoms with van der Waals surface area (Å²) in [7, 11) is 0. The van der Waals surface area contributed by atoms with E-state index in [4.69, 9.17) is 0 Å². The Bertz CT molecular complexity index is 2330. The number of nitrogens with zero attached hydrogens (tertiary/aromatic N) is 2. The van der Waals surface area contributed by atoms with Crippen LogP contribution in [0, 0.1) is 27.7 Å². The summed E-state index contributed by atoms with van der Waals surface area (Å²) >= 11 is 0. The maximum absolute atomic E-state index is 2.31. The molecule has 2 heteroatoms. The number of hydrogen-bond acceptors (Lipinski definition) is 2. The molecule has 0 spiro atoms. The summed E-state index contributed by atoms with van der Waals surface area (Å²) in [6.45, 7) is 8.50. The lowest BCUT2D eigenvalue weighted by molar-refractivity contribution is 1.27. The fraction of sp³-hybridized carbons (Fsp3) is 0.0714. The molecule has 8 aromatic rings. The van der Waals surface area contributed by atoms with E-state index in [1.54, 1.807) is 0 Å². The predicted octanol–water partition coefficient (Wildman–Crippen LogP) is 15.9. The maximum atomic E-state index is 2.31. The molecule has 2 nitrogen and oxygen atoms in total. The first-order chi connectivity index (χ1) is 28.3. The van der Waals surface area contributed by atoms with Crippen LogP contribution in [0.15, 0.2) is 194 Å². The lowest BCUT2D eigenvalue weighted by Gasteiger charge is -2.25. The Hall–Kier alpha value is -7.16. The smallest absolute Gasteiger partial charge is 0.0462 e. The number of benzene rings is 8. The molecule has 0 fully saturated rings. The highest BCUT2D eigenvalue weighted by atomic mass is 15.1. The molecule has 0 atom stereocenters. The molecule has 0 aliphatic rings. The van der Waals surface area contributed by atoms with Crippen LogP contribution in [-0.4, -0.2) is 0 Å². The van der Waals surface area contributed by atoms with Crippen LogP contribution < -0.4 is 9.80 Å². The van der Waals surface area contributed by atoms with Gasteiger partial charge in [0.1, 0.15) is 0 Å². The van der Waals surface area contributed by atoms with E-state index < -0.39 is 0 Å². The Balaban J connectivity index is 0.908. The zero-order valence-corrected chi connectivity index (χ0v) is 33.7. The third kappa shape index (κ3) is 9.10. The summed E-state index contributed by atoms with van der Waals surface area (Å²) < 4.78 is 0. The zero-order chi connectivity index (χ0) is 39.8. The molecule has 0 radical (unpaired) electrons. The highest BCUT2D eigenvalue weighted by Crippen LogP contribution is 2.36. The van der Waals surface area contributed by atoms with Crippen molar-refractivity contribution in [2.75, 3.05) is 9.80 Å². The van der Waals surface area contributed by atoms with Crippen LogP contribution in [-0.2, 0) is 0 Å². The highest BCUT2D eigenvalue weighted by Gasteiger charge is 2.13. The molecule has 8 rings (SSSR count). The van der Waals surface area contributed by atoms with Gasteiger partial charge in [0.25, 0.3) is 0 Å². The molecule has 8 aromatic carbocycles. The molecule has 0 N–H and O–H groups in total. The van der Waals surface area contributed by atoms with E-state index in [1.165, 1.54) is 44.5 Å². The molecule has 0 bridgehead atoms. The van der Waals surface area contributed by atoms with Crippen molar-refractivity contribution in [3.8, 4) is 11.1 Å². The van der Waals surface area contributed by atoms with Gasteiger partial charge in [-0.3, -0.25) is 0 Å². The Labute approximate surface area is 344 Å². The molecule has 0 aliphatic carbocycles. The summed E-state index contributed by atoms with van der Waals surface area (Å²) in [4.78, 5) is 4.61. The summed E-state index contributed by atoms with van der Waals surface area (Å²) in [5.41, 5.74) is 18.9. The first kappa shape index (κ1) is 37.7. The monoisotopic (exact) mass is 748 g/mol. The van der Waals surface area contributed by atoms with Gasteiger partial charge in [-0.2, -0.15) is 0 Å². The van der Waals surface area contributed by atoms with E-state index in [2.05, 4.69) is 256 Å². The first-order valence-corrected chi connectivity index (χ1v) is 20.0. The van der Waals surface area contributed by atoms with E-state index in [-0.39, 0.29) is 0 Å². The first-order valence-electron chi connectivity index (χ1n) is 20.0. The Kier molecular flexibility index (Phi) is 11.3. The van der Waals surface area contributed by atoms with Gasteiger partial charge in [-0.15, -0.1) is 0 Å². The zero-order valence-electron chi connectivity index (χ0n) is 33.7. The summed E-state index contributed by atoms with van der Waals surface area (Å²) in [6, 6.07) is 69.9. The van der Waals surface area contributed by atoms with Gasteiger partial charge in [0.05, 0.1) is 0 Å². The van der Waals surface area contributed by atoms with Gasteiger partial charge in [-0.25, -0.2) is 0 Å². The normalized spacial score (nSPS) is 11.3. The second kappa shape index (κ2) is 17.3. The minimum absolute atomic E-state index is 1.13. The van der Waals surface area contributed by atoms with Crippen molar-refractivity contribution in [3.05, 3.63) is 239 Å². The summed E-state index contributed by atoms with van der Waals surface area (Å²) in [5.74, 6) is 0. The van der Waals surface area contributed by atoms with Crippen LogP contribution >= 0.6 is 0 Å². The number of hydrogen-bond donors (Lipinski definition) is 0. The SMILES string of the molecule is Cc1ccc(N(c2ccc(C)cc2)c2ccc(C=Cc3ccc(-c4ccc(C=Cc5ccc(N(c6ccc(C)cc6)c6ccc(C)cc6)cc5)cc4)cc3)cc2)cc1. The fourth-order valence-corrected chi connectivity index (χ4v) is 7.10. The number of rotatable bonds is 11. The van der Waals surface area contributed by atoms with Crippen molar-refractivity contribution in [1.82, 2.24) is 0 Å². The van der Waals surface area contributed by atoms with Crippen molar-refractivity contribution in [1.29, 1.82) is 0 Å². The van der Waals surface area contributed by atoms with E-state index in [9.17, 15) is 0 Å². The molecule has 0 heterocycles. The second-order valence-corrected chi connectivity index (χ2v) is 15.1. The largest absolute Gasteiger partial charge is 0.311 e. The minimum atomic E-state index is 1.13. The average molecular weight is 749 g/mol. The molecule has 0 aromatic heterocycles. The predicted molar refractivity (Wildman–Crippen MR) is 251 cm³/mol. The van der Waals surface area contributed by atoms with Crippen LogP contribution in [0.5, 0.6) is 0 Å². The number of anilines is 6. The van der Waals surface area contributed by atoms with Crippen LogP contribution in [0.3, 0.4) is 0 Å². The van der Waals surface area contributed by atoms with Crippen molar-refractivity contribution in [2.24, 2.45) is 0 Å². The third-order valence-electron chi connectivity index (χ3n) is 10.6. The van der Waals surface area contributed by atoms with Crippen molar-refractivity contribution in [2.45, 2.75) is 27.7 Å². The summed E-state index contributed by atoms with van der Waals surface area (Å²) in [5, 5.41) is 0. The molecule has 0 aliphatic heterocycles. The van der Waals surface area contributed by atoms with E-state index in [1.807, 2.05) is 0 Å². The minimum Gasteiger partial charge on any atom is -0.311 e. The molecule has 0 unspecified atom stereocenters. The van der Waals surface area contributed by atoms with Crippen LogP contribution in [0.4, 0.5) is 34.1 Å². The quantitative estimate of drug-likeness (QED) is 0.122. The Morgan fingerprint density at radius 1 is 0.224 bits per heavy atom. The number of aryl methyl sites for hydroxylation is 4. The van der Waals surface area contributed by atoms with Gasteiger partial charge in [-0.1, -0.05) is 168 Å². The molecular weight excluding hydrogens is 701 g/mol. The van der Waals surface area contributed by atoms with Crippen LogP contribution in [0.2, 0.25) is 0 Å². The molecule has 0 saturated carbocycles. The standard InChI is InChI=1S/C56H48N2/c1-41-5-29-51(30-6-41)57(52-31-7-42(2)8-32-52)55-37-21-47(22-38-55)15-13-45-17-25-49(26-18-45)50-27-19-46(20-28-50)14-16-48-23-39-56(40-24-48)58(53-33-9-43(3)10-34-53)54-35-11-44(4)12-36-54/h5-40H,1-4H3. The van der Waals surface area contributed by atoms with Crippen molar-refractivity contribution in [3.63, 3.8) is 0 Å². The molecule has 282 valence electrons. The second-order valence-electron chi connectivity index (χ2n) is 15.1. The highest BCUT2D eigenvalue weighted by molar-refractivity contribution is 5.80.